The lowest BCUT2D eigenvalue weighted by Crippen LogP contribution is -2.45. The number of amides is 1. The van der Waals surface area contributed by atoms with Gasteiger partial charge in [-0.3, -0.25) is 4.79 Å². The molecule has 1 amide bonds. The average molecular weight is 423 g/mol. The second kappa shape index (κ2) is 7.51. The maximum atomic E-state index is 12.6. The molecule has 0 bridgehead atoms. The number of aromatic amines is 1. The molecular weight excluding hydrogens is 400 g/mol. The van der Waals surface area contributed by atoms with Crippen molar-refractivity contribution < 1.29 is 9.53 Å². The number of halogens is 1. The molecule has 140 valence electrons. The first-order valence-electron chi connectivity index (χ1n) is 8.93. The molecule has 2 fully saturated rings. The van der Waals surface area contributed by atoms with Crippen molar-refractivity contribution in [2.45, 2.75) is 25.0 Å². The molecule has 2 aromatic heterocycles. The van der Waals surface area contributed by atoms with Gasteiger partial charge in [-0.2, -0.15) is 0 Å². The highest BCUT2D eigenvalue weighted by atomic mass is 79.9. The van der Waals surface area contributed by atoms with Crippen LogP contribution in [0.2, 0.25) is 0 Å². The van der Waals surface area contributed by atoms with E-state index in [0.29, 0.717) is 18.8 Å². The lowest BCUT2D eigenvalue weighted by Gasteiger charge is -2.33. The summed E-state index contributed by atoms with van der Waals surface area (Å²) in [4.78, 5) is 22.4. The Bertz CT molecular complexity index is 804. The molecule has 2 aromatic rings. The monoisotopic (exact) mass is 422 g/mol. The van der Waals surface area contributed by atoms with E-state index in [4.69, 9.17) is 10.5 Å². The van der Waals surface area contributed by atoms with Crippen LogP contribution in [-0.4, -0.2) is 60.8 Å². The number of morpholine rings is 1. The highest BCUT2D eigenvalue weighted by Gasteiger charge is 2.26. The smallest absolute Gasteiger partial charge is 0.254 e. The van der Waals surface area contributed by atoms with Crippen LogP contribution in [0.4, 0.5) is 11.4 Å². The van der Waals surface area contributed by atoms with Gasteiger partial charge in [0.05, 0.1) is 27.8 Å². The molecule has 9 heteroatoms. The highest BCUT2D eigenvalue weighted by molar-refractivity contribution is 9.10. The van der Waals surface area contributed by atoms with Gasteiger partial charge in [0, 0.05) is 44.6 Å². The Balaban J connectivity index is 1.67. The summed E-state index contributed by atoms with van der Waals surface area (Å²) in [6.45, 7) is 3.54. The molecule has 4 heterocycles. The molecule has 0 spiro atoms. The summed E-state index contributed by atoms with van der Waals surface area (Å²) in [6, 6.07) is 0.151. The molecule has 4 rings (SSSR count). The van der Waals surface area contributed by atoms with E-state index in [1.54, 1.807) is 12.4 Å². The number of fused-ring (bicyclic) bond motifs is 1. The minimum absolute atomic E-state index is 0.151. The van der Waals surface area contributed by atoms with Gasteiger partial charge >= 0.3 is 0 Å². The Hall–Kier alpha value is -1.68. The van der Waals surface area contributed by atoms with Crippen LogP contribution in [0.5, 0.6) is 0 Å². The first-order valence-corrected chi connectivity index (χ1v) is 9.72. The van der Waals surface area contributed by atoms with Crippen LogP contribution >= 0.6 is 15.9 Å². The van der Waals surface area contributed by atoms with Gasteiger partial charge in [0.2, 0.25) is 0 Å². The zero-order valence-corrected chi connectivity index (χ0v) is 16.0. The van der Waals surface area contributed by atoms with Crippen LogP contribution < -0.4 is 21.3 Å². The van der Waals surface area contributed by atoms with Crippen LogP contribution in [0.1, 0.15) is 12.8 Å². The van der Waals surface area contributed by atoms with Crippen LogP contribution in [0.15, 0.2) is 16.9 Å². The first-order chi connectivity index (χ1) is 12.6. The number of nitrogens with zero attached hydrogens (tertiary/aromatic N) is 2. The predicted molar refractivity (Wildman–Crippen MR) is 104 cm³/mol. The molecule has 8 nitrogen and oxygen atoms in total. The lowest BCUT2D eigenvalue weighted by atomic mass is 10.1. The fourth-order valence-corrected chi connectivity index (χ4v) is 4.17. The number of nitrogens with two attached hydrogens (primary N) is 1. The summed E-state index contributed by atoms with van der Waals surface area (Å²) >= 11 is 3.63. The third-order valence-electron chi connectivity index (χ3n) is 4.88. The fourth-order valence-electron chi connectivity index (χ4n) is 3.62. The number of aromatic nitrogens is 2. The van der Waals surface area contributed by atoms with Crippen molar-refractivity contribution in [3.8, 4) is 0 Å². The first kappa shape index (κ1) is 17.7. The highest BCUT2D eigenvalue weighted by Crippen LogP contribution is 2.38. The van der Waals surface area contributed by atoms with Crippen molar-refractivity contribution in [2.24, 2.45) is 5.73 Å². The van der Waals surface area contributed by atoms with E-state index < -0.39 is 6.10 Å². The van der Waals surface area contributed by atoms with Gasteiger partial charge in [-0.05, 0) is 28.8 Å². The third-order valence-corrected chi connectivity index (χ3v) is 5.46. The molecular formula is C17H23BrN6O2. The molecule has 2 aliphatic rings. The quantitative estimate of drug-likeness (QED) is 0.591. The molecule has 5 N–H and O–H groups in total. The second-order valence-electron chi connectivity index (χ2n) is 6.78. The van der Waals surface area contributed by atoms with Crippen molar-refractivity contribution in [3.05, 3.63) is 16.9 Å². The Labute approximate surface area is 160 Å². The maximum absolute atomic E-state index is 12.6. The van der Waals surface area contributed by atoms with Gasteiger partial charge in [0.1, 0.15) is 11.8 Å². The number of piperidine rings is 1. The van der Waals surface area contributed by atoms with Crippen LogP contribution in [-0.2, 0) is 9.53 Å². The molecule has 26 heavy (non-hydrogen) atoms. The van der Waals surface area contributed by atoms with Gasteiger partial charge in [0.15, 0.2) is 0 Å². The van der Waals surface area contributed by atoms with E-state index in [9.17, 15) is 4.79 Å². The Kier molecular flexibility index (Phi) is 5.12. The van der Waals surface area contributed by atoms with Gasteiger partial charge in [-0.1, -0.05) is 0 Å². The molecule has 0 saturated carbocycles. The number of nitrogens with one attached hydrogen (secondary N) is 3. The normalized spacial score (nSPS) is 24.0. The minimum atomic E-state index is -0.485. The summed E-state index contributed by atoms with van der Waals surface area (Å²) in [6.07, 6.45) is 5.16. The molecule has 2 saturated heterocycles. The van der Waals surface area contributed by atoms with Crippen LogP contribution in [0.25, 0.3) is 11.0 Å². The van der Waals surface area contributed by atoms with Crippen molar-refractivity contribution in [1.82, 2.24) is 15.3 Å². The summed E-state index contributed by atoms with van der Waals surface area (Å²) in [7, 11) is 0. The Morgan fingerprint density at radius 3 is 3.15 bits per heavy atom. The minimum Gasteiger partial charge on any atom is -0.368 e. The number of carbonyl (C=O) groups excluding carboxylic acids is 1. The number of carbonyl (C=O) groups is 1. The summed E-state index contributed by atoms with van der Waals surface area (Å²) in [5, 5.41) is 7.07. The zero-order valence-electron chi connectivity index (χ0n) is 14.4. The number of anilines is 2. The largest absolute Gasteiger partial charge is 0.368 e. The second-order valence-corrected chi connectivity index (χ2v) is 7.64. The average Bonchev–Trinajstić information content (AvgIpc) is 3.05. The topological polar surface area (TPSA) is 108 Å². The Morgan fingerprint density at radius 2 is 2.38 bits per heavy atom. The number of rotatable bonds is 3. The molecule has 0 aromatic carbocycles. The van der Waals surface area contributed by atoms with Crippen molar-refractivity contribution in [2.75, 3.05) is 43.0 Å². The van der Waals surface area contributed by atoms with E-state index in [1.165, 1.54) is 0 Å². The summed E-state index contributed by atoms with van der Waals surface area (Å²) in [5.74, 6) is -0.153. The molecule has 2 atom stereocenters. The van der Waals surface area contributed by atoms with Gasteiger partial charge in [-0.15, -0.1) is 0 Å². The lowest BCUT2D eigenvalue weighted by molar-refractivity contribution is -0.128. The summed E-state index contributed by atoms with van der Waals surface area (Å²) in [5.41, 5.74) is 8.64. The van der Waals surface area contributed by atoms with E-state index in [1.807, 2.05) is 0 Å². The van der Waals surface area contributed by atoms with E-state index in [2.05, 4.69) is 41.4 Å². The van der Waals surface area contributed by atoms with Crippen molar-refractivity contribution >= 4 is 44.2 Å². The SMILES string of the molecule is N[C@@H]1CCCN(c2c(Br)cnc3[nH]cc(NC(=O)C4CNCCO4)c23)C1. The van der Waals surface area contributed by atoms with Crippen molar-refractivity contribution in [1.29, 1.82) is 0 Å². The van der Waals surface area contributed by atoms with Gasteiger partial charge in [0.25, 0.3) is 5.91 Å². The van der Waals surface area contributed by atoms with Gasteiger partial charge in [-0.25, -0.2) is 4.98 Å². The van der Waals surface area contributed by atoms with Crippen LogP contribution in [0, 0.1) is 0 Å². The molecule has 1 unspecified atom stereocenters. The number of hydrogen-bond donors (Lipinski definition) is 4. The molecule has 0 radical (unpaired) electrons. The van der Waals surface area contributed by atoms with Gasteiger partial charge < -0.3 is 31.0 Å². The molecule has 0 aliphatic carbocycles. The van der Waals surface area contributed by atoms with E-state index in [-0.39, 0.29) is 11.9 Å². The number of hydrogen-bond acceptors (Lipinski definition) is 6. The van der Waals surface area contributed by atoms with E-state index in [0.717, 1.165) is 53.7 Å². The zero-order chi connectivity index (χ0) is 18.1. The van der Waals surface area contributed by atoms with Crippen LogP contribution in [0.3, 0.4) is 0 Å². The fraction of sp³-hybridized carbons (Fsp3) is 0.529. The predicted octanol–water partition coefficient (Wildman–Crippen LogP) is 1.18. The maximum Gasteiger partial charge on any atom is 0.254 e. The standard InChI is InChI=1S/C17H23BrN6O2/c18-11-6-21-16-14(15(11)24-4-1-2-10(19)9-24)12(7-22-16)23-17(25)13-8-20-3-5-26-13/h6-7,10,13,20H,1-5,8-9,19H2,(H,21,22)(H,23,25)/t10-,13?/m1/s1. The summed E-state index contributed by atoms with van der Waals surface area (Å²) < 4.78 is 6.44. The number of ether oxygens (including phenoxy) is 1. The molecule has 2 aliphatic heterocycles. The van der Waals surface area contributed by atoms with E-state index >= 15 is 0 Å². The number of H-pyrrole nitrogens is 1. The van der Waals surface area contributed by atoms with Crippen molar-refractivity contribution in [3.63, 3.8) is 0 Å². The number of pyridine rings is 1. The Morgan fingerprint density at radius 1 is 1.50 bits per heavy atom. The third kappa shape index (κ3) is 3.44.